The maximum absolute atomic E-state index is 8.95. The second-order valence-electron chi connectivity index (χ2n) is 8.43. The highest BCUT2D eigenvalue weighted by molar-refractivity contribution is 6.36. The Hall–Kier alpha value is -2.89. The van der Waals surface area contributed by atoms with Crippen LogP contribution >= 0.6 is 11.6 Å². The fraction of sp³-hybridized carbons (Fsp3) is 0.455. The molecule has 4 heterocycles. The van der Waals surface area contributed by atoms with E-state index in [0.717, 1.165) is 36.0 Å². The lowest BCUT2D eigenvalue weighted by atomic mass is 9.97. The molecule has 2 aliphatic heterocycles. The Kier molecular flexibility index (Phi) is 5.38. The first-order valence-corrected chi connectivity index (χ1v) is 11.1. The van der Waals surface area contributed by atoms with Crippen LogP contribution in [0.3, 0.4) is 0 Å². The molecule has 0 amide bonds. The molecular weight excluding hydrogens is 412 g/mol. The summed E-state index contributed by atoms with van der Waals surface area (Å²) in [6, 6.07) is 11.3. The SMILES string of the molecule is Cc1cc(Nc2nc(NC3C[C@H]4CC[C@@H](C3)N4CCC#N)nc3cccc(Cl)c23)n[nH]1. The molecule has 160 valence electrons. The largest absolute Gasteiger partial charge is 0.351 e. The van der Waals surface area contributed by atoms with E-state index in [0.29, 0.717) is 47.2 Å². The molecular formula is C22H25ClN8. The van der Waals surface area contributed by atoms with Gasteiger partial charge in [-0.25, -0.2) is 4.98 Å². The van der Waals surface area contributed by atoms with Crippen molar-refractivity contribution in [3.05, 3.63) is 35.0 Å². The standard InChI is InChI=1S/C22H25ClN8/c1-13-10-19(30-29-13)27-21-20-17(23)4-2-5-18(20)26-22(28-21)25-14-11-15-6-7-16(12-14)31(15)9-3-8-24/h2,4-5,10,14-16H,3,6-7,9,11-12H2,1H3,(H3,25,26,27,28,29,30)/t14?,15-,16+. The van der Waals surface area contributed by atoms with Gasteiger partial charge in [0.05, 0.1) is 22.0 Å². The normalized spacial score (nSPS) is 23.1. The summed E-state index contributed by atoms with van der Waals surface area (Å²) >= 11 is 6.48. The highest BCUT2D eigenvalue weighted by atomic mass is 35.5. The molecule has 9 heteroatoms. The van der Waals surface area contributed by atoms with Crippen molar-refractivity contribution in [2.75, 3.05) is 17.2 Å². The minimum atomic E-state index is 0.313. The van der Waals surface area contributed by atoms with Gasteiger partial charge in [0, 0.05) is 42.9 Å². The maximum atomic E-state index is 8.95. The van der Waals surface area contributed by atoms with E-state index >= 15 is 0 Å². The van der Waals surface area contributed by atoms with Crippen LogP contribution in [0.5, 0.6) is 0 Å². The van der Waals surface area contributed by atoms with Gasteiger partial charge in [-0.15, -0.1) is 0 Å². The minimum absolute atomic E-state index is 0.313. The highest BCUT2D eigenvalue weighted by Gasteiger charge is 2.40. The Morgan fingerprint density at radius 3 is 2.77 bits per heavy atom. The van der Waals surface area contributed by atoms with Gasteiger partial charge < -0.3 is 10.6 Å². The third-order valence-corrected chi connectivity index (χ3v) is 6.64. The summed E-state index contributed by atoms with van der Waals surface area (Å²) in [6.07, 6.45) is 5.09. The van der Waals surface area contributed by atoms with Gasteiger partial charge in [-0.2, -0.15) is 15.3 Å². The topological polar surface area (TPSA) is 106 Å². The molecule has 2 fully saturated rings. The van der Waals surface area contributed by atoms with Crippen LogP contribution in [0.25, 0.3) is 10.9 Å². The Morgan fingerprint density at radius 2 is 2.06 bits per heavy atom. The van der Waals surface area contributed by atoms with Crippen LogP contribution in [0.15, 0.2) is 24.3 Å². The second kappa shape index (κ2) is 8.33. The first-order chi connectivity index (χ1) is 15.1. The van der Waals surface area contributed by atoms with Crippen LogP contribution < -0.4 is 10.6 Å². The molecule has 2 saturated heterocycles. The van der Waals surface area contributed by atoms with Gasteiger partial charge in [0.25, 0.3) is 0 Å². The Balaban J connectivity index is 1.40. The molecule has 0 saturated carbocycles. The zero-order valence-electron chi connectivity index (χ0n) is 17.4. The van der Waals surface area contributed by atoms with Gasteiger partial charge in [0.15, 0.2) is 5.82 Å². The van der Waals surface area contributed by atoms with Crippen molar-refractivity contribution in [3.8, 4) is 6.07 Å². The summed E-state index contributed by atoms with van der Waals surface area (Å²) < 4.78 is 0. The fourth-order valence-electron chi connectivity index (χ4n) is 5.02. The van der Waals surface area contributed by atoms with Crippen LogP contribution in [0.2, 0.25) is 5.02 Å². The molecule has 8 nitrogen and oxygen atoms in total. The number of aromatic amines is 1. The summed E-state index contributed by atoms with van der Waals surface area (Å²) in [6.45, 7) is 2.83. The molecule has 0 aliphatic carbocycles. The van der Waals surface area contributed by atoms with Crippen LogP contribution in [0.1, 0.15) is 37.8 Å². The molecule has 3 atom stereocenters. The van der Waals surface area contributed by atoms with Crippen molar-refractivity contribution < 1.29 is 0 Å². The predicted molar refractivity (Wildman–Crippen MR) is 122 cm³/mol. The van der Waals surface area contributed by atoms with E-state index < -0.39 is 0 Å². The summed E-state index contributed by atoms with van der Waals surface area (Å²) in [5, 5.41) is 24.4. The third kappa shape index (κ3) is 4.03. The molecule has 1 aromatic carbocycles. The lowest BCUT2D eigenvalue weighted by Crippen LogP contribution is -2.47. The minimum Gasteiger partial charge on any atom is -0.351 e. The number of piperidine rings is 1. The van der Waals surface area contributed by atoms with Crippen LogP contribution in [-0.4, -0.2) is 49.7 Å². The maximum Gasteiger partial charge on any atom is 0.225 e. The van der Waals surface area contributed by atoms with Crippen molar-refractivity contribution in [2.24, 2.45) is 0 Å². The number of hydrogen-bond acceptors (Lipinski definition) is 7. The number of anilines is 3. The number of rotatable bonds is 6. The molecule has 1 unspecified atom stereocenters. The third-order valence-electron chi connectivity index (χ3n) is 6.32. The van der Waals surface area contributed by atoms with Gasteiger partial charge in [-0.05, 0) is 44.7 Å². The molecule has 0 radical (unpaired) electrons. The number of H-pyrrole nitrogens is 1. The molecule has 3 aromatic rings. The monoisotopic (exact) mass is 436 g/mol. The van der Waals surface area contributed by atoms with Gasteiger partial charge in [0.2, 0.25) is 5.95 Å². The van der Waals surface area contributed by atoms with Gasteiger partial charge in [-0.1, -0.05) is 17.7 Å². The quantitative estimate of drug-likeness (QED) is 0.526. The Labute approximate surface area is 186 Å². The van der Waals surface area contributed by atoms with Crippen molar-refractivity contribution in [1.29, 1.82) is 5.26 Å². The number of nitriles is 1. The Bertz CT molecular complexity index is 1120. The lowest BCUT2D eigenvalue weighted by molar-refractivity contribution is 0.135. The molecule has 0 spiro atoms. The number of aryl methyl sites for hydroxylation is 1. The number of nitrogens with zero attached hydrogens (tertiary/aromatic N) is 5. The van der Waals surface area contributed by atoms with E-state index in [1.54, 1.807) is 0 Å². The molecule has 3 N–H and O–H groups in total. The molecule has 5 rings (SSSR count). The zero-order valence-corrected chi connectivity index (χ0v) is 18.2. The number of nitrogens with one attached hydrogen (secondary N) is 3. The molecule has 2 aliphatic rings. The predicted octanol–water partition coefficient (Wildman–Crippen LogP) is 4.38. The summed E-state index contributed by atoms with van der Waals surface area (Å²) in [4.78, 5) is 12.0. The second-order valence-corrected chi connectivity index (χ2v) is 8.84. The van der Waals surface area contributed by atoms with Crippen molar-refractivity contribution in [2.45, 2.75) is 57.2 Å². The number of halogens is 1. The average molecular weight is 437 g/mol. The van der Waals surface area contributed by atoms with Crippen LogP contribution in [-0.2, 0) is 0 Å². The molecule has 2 aromatic heterocycles. The van der Waals surface area contributed by atoms with E-state index in [2.05, 4.69) is 31.8 Å². The fourth-order valence-corrected chi connectivity index (χ4v) is 5.28. The van der Waals surface area contributed by atoms with E-state index in [-0.39, 0.29) is 0 Å². The molecule has 2 bridgehead atoms. The molecule has 31 heavy (non-hydrogen) atoms. The smallest absolute Gasteiger partial charge is 0.225 e. The zero-order chi connectivity index (χ0) is 21.4. The Morgan fingerprint density at radius 1 is 1.26 bits per heavy atom. The number of benzene rings is 1. The van der Waals surface area contributed by atoms with Crippen molar-refractivity contribution in [1.82, 2.24) is 25.1 Å². The summed E-state index contributed by atoms with van der Waals surface area (Å²) in [5.41, 5.74) is 1.75. The van der Waals surface area contributed by atoms with Gasteiger partial charge >= 0.3 is 0 Å². The number of hydrogen-bond donors (Lipinski definition) is 3. The van der Waals surface area contributed by atoms with E-state index in [1.807, 2.05) is 31.2 Å². The average Bonchev–Trinajstić information content (AvgIpc) is 3.25. The van der Waals surface area contributed by atoms with Crippen LogP contribution in [0, 0.1) is 18.3 Å². The van der Waals surface area contributed by atoms with Crippen molar-refractivity contribution in [3.63, 3.8) is 0 Å². The van der Waals surface area contributed by atoms with E-state index in [4.69, 9.17) is 26.8 Å². The van der Waals surface area contributed by atoms with E-state index in [9.17, 15) is 0 Å². The number of fused-ring (bicyclic) bond motifs is 3. The summed E-state index contributed by atoms with van der Waals surface area (Å²) in [7, 11) is 0. The van der Waals surface area contributed by atoms with Crippen molar-refractivity contribution >= 4 is 40.1 Å². The lowest BCUT2D eigenvalue weighted by Gasteiger charge is -2.38. The van der Waals surface area contributed by atoms with Crippen LogP contribution in [0.4, 0.5) is 17.6 Å². The van der Waals surface area contributed by atoms with Gasteiger partial charge in [0.1, 0.15) is 5.82 Å². The highest BCUT2D eigenvalue weighted by Crippen LogP contribution is 2.37. The number of aromatic nitrogens is 4. The first kappa shape index (κ1) is 20.0. The first-order valence-electron chi connectivity index (χ1n) is 10.7. The summed E-state index contributed by atoms with van der Waals surface area (Å²) in [5.74, 6) is 1.92. The van der Waals surface area contributed by atoms with E-state index in [1.165, 1.54) is 12.8 Å². The van der Waals surface area contributed by atoms with Gasteiger partial charge in [-0.3, -0.25) is 10.00 Å².